The van der Waals surface area contributed by atoms with Crippen LogP contribution in [-0.4, -0.2) is 23.0 Å². The Balaban J connectivity index is 1.99. The zero-order valence-corrected chi connectivity index (χ0v) is 13.4. The minimum atomic E-state index is 0.322. The summed E-state index contributed by atoms with van der Waals surface area (Å²) in [6, 6.07) is 20.5. The SMILES string of the molecule is CN1NN=C(c2ccccc2)[N+]1(c1ccccc1)c1nccs1. The Labute approximate surface area is 138 Å². The van der Waals surface area contributed by atoms with Crippen LogP contribution in [0.5, 0.6) is 0 Å². The highest BCUT2D eigenvalue weighted by Crippen LogP contribution is 2.41. The summed E-state index contributed by atoms with van der Waals surface area (Å²) in [5.41, 5.74) is 5.25. The highest BCUT2D eigenvalue weighted by Gasteiger charge is 2.52. The molecule has 1 N–H and O–H groups in total. The topological polar surface area (TPSA) is 40.5 Å². The van der Waals surface area contributed by atoms with E-state index in [1.54, 1.807) is 11.3 Å². The Morgan fingerprint density at radius 2 is 1.70 bits per heavy atom. The minimum absolute atomic E-state index is 0.322. The van der Waals surface area contributed by atoms with Crippen LogP contribution in [0.2, 0.25) is 0 Å². The number of hydrogen-bond acceptors (Lipinski definition) is 5. The van der Waals surface area contributed by atoms with Crippen molar-refractivity contribution in [3.8, 4) is 0 Å². The van der Waals surface area contributed by atoms with Gasteiger partial charge in [0.25, 0.3) is 5.84 Å². The molecular formula is C17H16N5S+. The standard InChI is InChI=1S/C17H16N5S/c1-21-20-19-16(14-8-4-2-5-9-14)22(21,17-18-12-13-23-17)15-10-6-3-7-11-15/h2-13,20H,1H3/q+1. The second kappa shape index (κ2) is 5.58. The number of hydrazine groups is 1. The van der Waals surface area contributed by atoms with Gasteiger partial charge in [0.2, 0.25) is 0 Å². The quantitative estimate of drug-likeness (QED) is 0.750. The van der Waals surface area contributed by atoms with Gasteiger partial charge >= 0.3 is 5.13 Å². The van der Waals surface area contributed by atoms with E-state index in [0.29, 0.717) is 4.59 Å². The maximum Gasteiger partial charge on any atom is 0.319 e. The Morgan fingerprint density at radius 1 is 1.00 bits per heavy atom. The third kappa shape index (κ3) is 2.08. The van der Waals surface area contributed by atoms with E-state index in [-0.39, 0.29) is 0 Å². The molecule has 1 aromatic heterocycles. The van der Waals surface area contributed by atoms with Crippen molar-refractivity contribution in [2.24, 2.45) is 5.10 Å². The Hall–Kier alpha value is -2.54. The van der Waals surface area contributed by atoms with Crippen molar-refractivity contribution in [1.29, 1.82) is 0 Å². The first-order valence-corrected chi connectivity index (χ1v) is 8.19. The van der Waals surface area contributed by atoms with Gasteiger partial charge in [-0.1, -0.05) is 52.3 Å². The number of aromatic nitrogens is 1. The van der Waals surface area contributed by atoms with E-state index in [9.17, 15) is 0 Å². The number of benzene rings is 2. The van der Waals surface area contributed by atoms with Crippen LogP contribution in [0, 0.1) is 0 Å². The predicted molar refractivity (Wildman–Crippen MR) is 93.9 cm³/mol. The van der Waals surface area contributed by atoms with Crippen molar-refractivity contribution < 1.29 is 0 Å². The molecule has 114 valence electrons. The third-order valence-electron chi connectivity index (χ3n) is 3.92. The fraction of sp³-hybridized carbons (Fsp3) is 0.0588. The van der Waals surface area contributed by atoms with Crippen molar-refractivity contribution >= 4 is 28.0 Å². The number of thiazole rings is 1. The second-order valence-corrected chi connectivity index (χ2v) is 6.08. The summed E-state index contributed by atoms with van der Waals surface area (Å²) < 4.78 is 0.322. The molecule has 0 radical (unpaired) electrons. The lowest BCUT2D eigenvalue weighted by Gasteiger charge is -2.33. The molecule has 2 heterocycles. The van der Waals surface area contributed by atoms with E-state index in [4.69, 9.17) is 0 Å². The molecule has 0 aliphatic carbocycles. The summed E-state index contributed by atoms with van der Waals surface area (Å²) in [6.45, 7) is 0. The number of hydrazone groups is 1. The number of nitrogens with one attached hydrogen (secondary N) is 1. The molecule has 0 saturated heterocycles. The summed E-state index contributed by atoms with van der Waals surface area (Å²) in [4.78, 5) is 4.60. The second-order valence-electron chi connectivity index (χ2n) is 5.21. The molecule has 0 fully saturated rings. The highest BCUT2D eigenvalue weighted by molar-refractivity contribution is 7.13. The van der Waals surface area contributed by atoms with Gasteiger partial charge in [0.05, 0.1) is 12.6 Å². The number of quaternary nitrogens is 1. The Bertz CT molecular complexity index is 817. The van der Waals surface area contributed by atoms with Crippen molar-refractivity contribution in [2.45, 2.75) is 0 Å². The summed E-state index contributed by atoms with van der Waals surface area (Å²) in [5, 5.41) is 9.50. The highest BCUT2D eigenvalue weighted by atomic mass is 32.1. The number of hydrogen-bond donors (Lipinski definition) is 1. The van der Waals surface area contributed by atoms with Crippen molar-refractivity contribution in [3.05, 3.63) is 77.8 Å². The van der Waals surface area contributed by atoms with Crippen LogP contribution in [0.25, 0.3) is 0 Å². The molecule has 6 heteroatoms. The van der Waals surface area contributed by atoms with Gasteiger partial charge in [-0.2, -0.15) is 10.5 Å². The summed E-state index contributed by atoms with van der Waals surface area (Å²) in [5.74, 6) is 0.897. The van der Waals surface area contributed by atoms with E-state index in [2.05, 4.69) is 39.9 Å². The predicted octanol–water partition coefficient (Wildman–Crippen LogP) is 3.51. The smallest absolute Gasteiger partial charge is 0.191 e. The van der Waals surface area contributed by atoms with Crippen LogP contribution < -0.4 is 10.1 Å². The molecule has 1 aliphatic heterocycles. The van der Waals surface area contributed by atoms with Crippen LogP contribution in [0.1, 0.15) is 5.56 Å². The molecule has 1 aliphatic rings. The first kappa shape index (κ1) is 14.1. The maximum atomic E-state index is 4.60. The lowest BCUT2D eigenvalue weighted by molar-refractivity contribution is 0.102. The summed E-state index contributed by atoms with van der Waals surface area (Å²) in [6.07, 6.45) is 1.83. The largest absolute Gasteiger partial charge is 0.319 e. The zero-order valence-electron chi connectivity index (χ0n) is 12.6. The number of nitrogens with zero attached hydrogens (tertiary/aromatic N) is 4. The van der Waals surface area contributed by atoms with Crippen LogP contribution in [0.3, 0.4) is 0 Å². The van der Waals surface area contributed by atoms with Gasteiger partial charge in [-0.3, -0.25) is 0 Å². The molecule has 0 amide bonds. The van der Waals surface area contributed by atoms with E-state index in [1.165, 1.54) is 0 Å². The minimum Gasteiger partial charge on any atom is -0.191 e. The van der Waals surface area contributed by atoms with Gasteiger partial charge in [0.1, 0.15) is 0 Å². The molecule has 5 nitrogen and oxygen atoms in total. The number of amidine groups is 1. The van der Waals surface area contributed by atoms with E-state index in [0.717, 1.165) is 22.2 Å². The fourth-order valence-electron chi connectivity index (χ4n) is 2.88. The van der Waals surface area contributed by atoms with Crippen molar-refractivity contribution in [3.63, 3.8) is 0 Å². The normalized spacial score (nSPS) is 21.0. The maximum absolute atomic E-state index is 4.60. The van der Waals surface area contributed by atoms with Crippen LogP contribution in [-0.2, 0) is 0 Å². The van der Waals surface area contributed by atoms with Gasteiger partial charge in [-0.05, 0) is 17.3 Å². The van der Waals surface area contributed by atoms with Crippen molar-refractivity contribution in [2.75, 3.05) is 7.05 Å². The molecule has 0 saturated carbocycles. The van der Waals surface area contributed by atoms with Gasteiger partial charge in [-0.15, -0.1) is 5.10 Å². The third-order valence-corrected chi connectivity index (χ3v) is 4.75. The van der Waals surface area contributed by atoms with Gasteiger partial charge < -0.3 is 0 Å². The van der Waals surface area contributed by atoms with Crippen LogP contribution in [0.15, 0.2) is 77.3 Å². The average Bonchev–Trinajstić information content (AvgIpc) is 3.25. The molecule has 1 atom stereocenters. The molecular weight excluding hydrogens is 306 g/mol. The lowest BCUT2D eigenvalue weighted by Crippen LogP contribution is -2.58. The zero-order chi connectivity index (χ0) is 15.7. The molecule has 4 rings (SSSR count). The number of rotatable bonds is 3. The Kier molecular flexibility index (Phi) is 3.42. The summed E-state index contributed by atoms with van der Waals surface area (Å²) >= 11 is 1.61. The molecule has 23 heavy (non-hydrogen) atoms. The van der Waals surface area contributed by atoms with E-state index in [1.807, 2.05) is 60.1 Å². The average molecular weight is 322 g/mol. The molecule has 1 unspecified atom stereocenters. The Morgan fingerprint density at radius 3 is 2.35 bits per heavy atom. The van der Waals surface area contributed by atoms with Gasteiger partial charge in [0, 0.05) is 23.7 Å². The molecule has 3 aromatic rings. The van der Waals surface area contributed by atoms with Gasteiger partial charge in [-0.25, -0.2) is 0 Å². The fourth-order valence-corrected chi connectivity index (χ4v) is 3.72. The molecule has 0 spiro atoms. The molecule has 0 bridgehead atoms. The number of para-hydroxylation sites is 1. The van der Waals surface area contributed by atoms with Crippen LogP contribution in [0.4, 0.5) is 10.8 Å². The molecule has 2 aromatic carbocycles. The summed E-state index contributed by atoms with van der Waals surface area (Å²) in [7, 11) is 1.98. The lowest BCUT2D eigenvalue weighted by atomic mass is 10.1. The first-order valence-electron chi connectivity index (χ1n) is 7.32. The van der Waals surface area contributed by atoms with Crippen LogP contribution >= 0.6 is 11.3 Å². The van der Waals surface area contributed by atoms with Gasteiger partial charge in [0.15, 0.2) is 5.69 Å². The van der Waals surface area contributed by atoms with E-state index < -0.39 is 0 Å². The van der Waals surface area contributed by atoms with Crippen molar-refractivity contribution in [1.82, 2.24) is 20.2 Å². The first-order chi connectivity index (χ1) is 11.3. The van der Waals surface area contributed by atoms with E-state index >= 15 is 0 Å². The monoisotopic (exact) mass is 322 g/mol.